The van der Waals surface area contributed by atoms with Crippen molar-refractivity contribution in [1.82, 2.24) is 5.32 Å². The fourth-order valence-corrected chi connectivity index (χ4v) is 4.01. The van der Waals surface area contributed by atoms with E-state index in [-0.39, 0.29) is 29.5 Å². The first-order chi connectivity index (χ1) is 8.87. The van der Waals surface area contributed by atoms with E-state index in [1.165, 1.54) is 0 Å². The highest BCUT2D eigenvalue weighted by Gasteiger charge is 2.27. The molecule has 0 aromatic heterocycles. The average Bonchev–Trinajstić information content (AvgIpc) is 2.65. The van der Waals surface area contributed by atoms with E-state index in [1.807, 2.05) is 0 Å². The highest BCUT2D eigenvalue weighted by molar-refractivity contribution is 7.91. The van der Waals surface area contributed by atoms with Crippen LogP contribution in [0.4, 0.5) is 13.2 Å². The van der Waals surface area contributed by atoms with Crippen molar-refractivity contribution >= 4 is 9.84 Å². The fraction of sp³-hybridized carbons (Fsp3) is 0.500. The van der Waals surface area contributed by atoms with Crippen molar-refractivity contribution in [2.24, 2.45) is 5.92 Å². The molecule has 1 unspecified atom stereocenters. The molecule has 19 heavy (non-hydrogen) atoms. The molecule has 1 saturated heterocycles. The Morgan fingerprint density at radius 1 is 1.16 bits per heavy atom. The van der Waals surface area contributed by atoms with Crippen molar-refractivity contribution < 1.29 is 21.6 Å². The van der Waals surface area contributed by atoms with E-state index in [4.69, 9.17) is 0 Å². The van der Waals surface area contributed by atoms with E-state index in [2.05, 4.69) is 5.32 Å². The normalized spacial score (nSPS) is 21.7. The van der Waals surface area contributed by atoms with Crippen LogP contribution in [-0.2, 0) is 16.4 Å². The van der Waals surface area contributed by atoms with Crippen LogP contribution in [0.2, 0.25) is 0 Å². The van der Waals surface area contributed by atoms with Gasteiger partial charge in [-0.3, -0.25) is 0 Å². The van der Waals surface area contributed by atoms with Gasteiger partial charge in [0.2, 0.25) is 0 Å². The number of halogens is 3. The molecule has 1 heterocycles. The summed E-state index contributed by atoms with van der Waals surface area (Å²) in [5.74, 6) is -2.83. The molecular formula is C12H14F3NO2S. The number of benzene rings is 1. The maximum absolute atomic E-state index is 13.3. The summed E-state index contributed by atoms with van der Waals surface area (Å²) < 4.78 is 61.4. The number of rotatable bonds is 4. The Balaban J connectivity index is 1.88. The van der Waals surface area contributed by atoms with Gasteiger partial charge in [-0.1, -0.05) is 0 Å². The minimum absolute atomic E-state index is 0.00152. The molecule has 0 spiro atoms. The molecule has 1 aromatic carbocycles. The zero-order valence-corrected chi connectivity index (χ0v) is 10.9. The molecule has 1 aliphatic heterocycles. The maximum atomic E-state index is 13.3. The zero-order valence-electron chi connectivity index (χ0n) is 10.1. The van der Waals surface area contributed by atoms with Crippen molar-refractivity contribution in [1.29, 1.82) is 0 Å². The quantitative estimate of drug-likeness (QED) is 0.858. The first-order valence-electron chi connectivity index (χ1n) is 5.92. The third-order valence-electron chi connectivity index (χ3n) is 3.16. The molecule has 0 radical (unpaired) electrons. The van der Waals surface area contributed by atoms with Crippen molar-refractivity contribution in [3.8, 4) is 0 Å². The molecule has 1 fully saturated rings. The summed E-state index contributed by atoms with van der Waals surface area (Å²) in [7, 11) is -2.93. The van der Waals surface area contributed by atoms with E-state index >= 15 is 0 Å². The molecule has 1 aromatic rings. The third kappa shape index (κ3) is 3.70. The molecule has 3 nitrogen and oxygen atoms in total. The second-order valence-corrected chi connectivity index (χ2v) is 6.99. The second-order valence-electron chi connectivity index (χ2n) is 4.76. The smallest absolute Gasteiger partial charge is 0.161 e. The van der Waals surface area contributed by atoms with Gasteiger partial charge in [-0.2, -0.15) is 0 Å². The van der Waals surface area contributed by atoms with Gasteiger partial charge in [0.05, 0.1) is 11.5 Å². The topological polar surface area (TPSA) is 46.2 Å². The van der Waals surface area contributed by atoms with Crippen molar-refractivity contribution in [3.05, 3.63) is 35.1 Å². The van der Waals surface area contributed by atoms with E-state index < -0.39 is 27.3 Å². The number of nitrogens with one attached hydrogen (secondary N) is 1. The van der Waals surface area contributed by atoms with Gasteiger partial charge in [0.1, 0.15) is 5.82 Å². The van der Waals surface area contributed by atoms with Crippen LogP contribution in [-0.4, -0.2) is 26.5 Å². The third-order valence-corrected chi connectivity index (χ3v) is 5.00. The standard InChI is InChI=1S/C12H14F3NO2S/c13-10-4-12(15)11(14)3-9(10)6-16-5-8-1-2-19(17,18)7-8/h3-4,8,16H,1-2,5-7H2. The predicted octanol–water partition coefficient (Wildman–Crippen LogP) is 1.63. The Kier molecular flexibility index (Phi) is 4.15. The number of hydrogen-bond donors (Lipinski definition) is 1. The molecule has 1 atom stereocenters. The van der Waals surface area contributed by atoms with Gasteiger partial charge in [0, 0.05) is 18.2 Å². The van der Waals surface area contributed by atoms with Crippen LogP contribution in [0.15, 0.2) is 12.1 Å². The molecule has 1 aliphatic rings. The minimum Gasteiger partial charge on any atom is -0.312 e. The highest BCUT2D eigenvalue weighted by Crippen LogP contribution is 2.18. The fourth-order valence-electron chi connectivity index (χ4n) is 2.14. The lowest BCUT2D eigenvalue weighted by Gasteiger charge is -2.10. The molecular weight excluding hydrogens is 279 g/mol. The summed E-state index contributed by atoms with van der Waals surface area (Å²) in [6.07, 6.45) is 0.579. The first-order valence-corrected chi connectivity index (χ1v) is 7.74. The molecule has 0 bridgehead atoms. The lowest BCUT2D eigenvalue weighted by molar-refractivity contribution is 0.479. The van der Waals surface area contributed by atoms with E-state index in [0.717, 1.165) is 6.07 Å². The Morgan fingerprint density at radius 3 is 2.47 bits per heavy atom. The average molecular weight is 293 g/mol. The van der Waals surface area contributed by atoms with E-state index in [9.17, 15) is 21.6 Å². The van der Waals surface area contributed by atoms with Crippen LogP contribution in [0.25, 0.3) is 0 Å². The van der Waals surface area contributed by atoms with Gasteiger partial charge < -0.3 is 5.32 Å². The summed E-state index contributed by atoms with van der Waals surface area (Å²) in [5.41, 5.74) is 0.0276. The van der Waals surface area contributed by atoms with Gasteiger partial charge in [-0.05, 0) is 24.9 Å². The first kappa shape index (κ1) is 14.3. The SMILES string of the molecule is O=S1(=O)CCC(CNCc2cc(F)c(F)cc2F)C1. The summed E-state index contributed by atoms with van der Waals surface area (Å²) >= 11 is 0. The monoisotopic (exact) mass is 293 g/mol. The summed E-state index contributed by atoms with van der Waals surface area (Å²) in [6, 6.07) is 1.31. The van der Waals surface area contributed by atoms with Crippen molar-refractivity contribution in [2.45, 2.75) is 13.0 Å². The number of sulfone groups is 1. The minimum atomic E-state index is -2.93. The van der Waals surface area contributed by atoms with Gasteiger partial charge in [0.25, 0.3) is 0 Å². The van der Waals surface area contributed by atoms with Gasteiger partial charge in [-0.15, -0.1) is 0 Å². The van der Waals surface area contributed by atoms with Crippen LogP contribution in [0.5, 0.6) is 0 Å². The van der Waals surface area contributed by atoms with Crippen LogP contribution >= 0.6 is 0 Å². The Bertz CT molecular complexity index is 575. The predicted molar refractivity (Wildman–Crippen MR) is 64.8 cm³/mol. The second kappa shape index (κ2) is 5.50. The lowest BCUT2D eigenvalue weighted by Crippen LogP contribution is -2.23. The molecule has 0 aliphatic carbocycles. The molecule has 1 N–H and O–H groups in total. The molecule has 2 rings (SSSR count). The maximum Gasteiger partial charge on any atom is 0.161 e. The largest absolute Gasteiger partial charge is 0.312 e. The molecule has 0 amide bonds. The van der Waals surface area contributed by atoms with Crippen LogP contribution in [0, 0.1) is 23.4 Å². The van der Waals surface area contributed by atoms with Crippen LogP contribution in [0.1, 0.15) is 12.0 Å². The molecule has 106 valence electrons. The van der Waals surface area contributed by atoms with E-state index in [1.54, 1.807) is 0 Å². The Hall–Kier alpha value is -1.08. The summed E-state index contributed by atoms with van der Waals surface area (Å²) in [6.45, 7) is 0.456. The van der Waals surface area contributed by atoms with Crippen LogP contribution in [0.3, 0.4) is 0 Å². The summed E-state index contributed by atoms with van der Waals surface area (Å²) in [5, 5.41) is 2.88. The van der Waals surface area contributed by atoms with Crippen molar-refractivity contribution in [3.63, 3.8) is 0 Å². The van der Waals surface area contributed by atoms with Gasteiger partial charge in [-0.25, -0.2) is 21.6 Å². The van der Waals surface area contributed by atoms with Crippen molar-refractivity contribution in [2.75, 3.05) is 18.1 Å². The van der Waals surface area contributed by atoms with E-state index in [0.29, 0.717) is 19.0 Å². The highest BCUT2D eigenvalue weighted by atomic mass is 32.2. The molecule has 7 heteroatoms. The molecule has 0 saturated carbocycles. The van der Waals surface area contributed by atoms with Crippen LogP contribution < -0.4 is 5.32 Å². The number of hydrogen-bond acceptors (Lipinski definition) is 3. The van der Waals surface area contributed by atoms with Gasteiger partial charge in [0.15, 0.2) is 21.5 Å². The lowest BCUT2D eigenvalue weighted by atomic mass is 10.1. The van der Waals surface area contributed by atoms with Gasteiger partial charge >= 0.3 is 0 Å². The summed E-state index contributed by atoms with van der Waals surface area (Å²) in [4.78, 5) is 0. The zero-order chi connectivity index (χ0) is 14.0. The Labute approximate surface area is 109 Å². The Morgan fingerprint density at radius 2 is 1.84 bits per heavy atom.